The standard InChI is InChI=1S/C15H19NO4S2/c1-11-9-12(6-7-14(11)20-3)22(18,19)16(2)10-13(17)15-5-4-8-21-15/h4-9,13,17H,10H2,1-3H3. The number of aliphatic hydroxyl groups excluding tert-OH is 1. The molecule has 7 heteroatoms. The third-order valence-corrected chi connectivity index (χ3v) is 6.17. The molecule has 0 amide bonds. The van der Waals surface area contributed by atoms with Gasteiger partial charge in [-0.15, -0.1) is 11.3 Å². The Hall–Kier alpha value is -1.41. The first kappa shape index (κ1) is 17.0. The molecule has 22 heavy (non-hydrogen) atoms. The van der Waals surface area contributed by atoms with E-state index in [1.54, 1.807) is 32.2 Å². The van der Waals surface area contributed by atoms with Crippen molar-refractivity contribution in [1.29, 1.82) is 0 Å². The minimum absolute atomic E-state index is 0.00786. The van der Waals surface area contributed by atoms with Crippen molar-refractivity contribution >= 4 is 21.4 Å². The van der Waals surface area contributed by atoms with Crippen molar-refractivity contribution < 1.29 is 18.3 Å². The van der Waals surface area contributed by atoms with Crippen LogP contribution in [0.5, 0.6) is 5.75 Å². The zero-order valence-electron chi connectivity index (χ0n) is 12.7. The van der Waals surface area contributed by atoms with Gasteiger partial charge in [0.1, 0.15) is 11.9 Å². The molecule has 1 heterocycles. The van der Waals surface area contributed by atoms with Crippen molar-refractivity contribution in [3.8, 4) is 5.75 Å². The van der Waals surface area contributed by atoms with Crippen molar-refractivity contribution in [2.24, 2.45) is 0 Å². The van der Waals surface area contributed by atoms with E-state index in [4.69, 9.17) is 4.74 Å². The smallest absolute Gasteiger partial charge is 0.242 e. The Bertz CT molecular complexity index is 726. The van der Waals surface area contributed by atoms with Gasteiger partial charge >= 0.3 is 0 Å². The molecule has 0 aliphatic rings. The summed E-state index contributed by atoms with van der Waals surface area (Å²) >= 11 is 1.40. The predicted molar refractivity (Wildman–Crippen MR) is 86.8 cm³/mol. The quantitative estimate of drug-likeness (QED) is 0.876. The summed E-state index contributed by atoms with van der Waals surface area (Å²) in [6.07, 6.45) is -0.834. The second-order valence-electron chi connectivity index (χ2n) is 4.95. The molecule has 1 aromatic heterocycles. The van der Waals surface area contributed by atoms with Gasteiger partial charge in [-0.05, 0) is 42.1 Å². The van der Waals surface area contributed by atoms with Crippen molar-refractivity contribution in [3.05, 3.63) is 46.2 Å². The molecule has 0 spiro atoms. The number of likely N-dealkylation sites (N-methyl/N-ethyl adjacent to an activating group) is 1. The average Bonchev–Trinajstić information content (AvgIpc) is 3.01. The lowest BCUT2D eigenvalue weighted by Crippen LogP contribution is -2.31. The number of ether oxygens (including phenoxy) is 1. The topological polar surface area (TPSA) is 66.8 Å². The number of methoxy groups -OCH3 is 1. The molecule has 1 atom stereocenters. The van der Waals surface area contributed by atoms with Crippen LogP contribution < -0.4 is 4.74 Å². The van der Waals surface area contributed by atoms with E-state index in [1.165, 1.54) is 28.8 Å². The van der Waals surface area contributed by atoms with Crippen molar-refractivity contribution in [2.75, 3.05) is 20.7 Å². The largest absolute Gasteiger partial charge is 0.496 e. The molecule has 2 aromatic rings. The maximum atomic E-state index is 12.6. The van der Waals surface area contributed by atoms with Gasteiger partial charge in [0.15, 0.2) is 0 Å². The molecule has 0 radical (unpaired) electrons. The fraction of sp³-hybridized carbons (Fsp3) is 0.333. The Morgan fingerprint density at radius 3 is 2.64 bits per heavy atom. The van der Waals surface area contributed by atoms with E-state index in [0.717, 1.165) is 10.4 Å². The molecule has 0 aliphatic carbocycles. The van der Waals surface area contributed by atoms with Crippen LogP contribution in [0.1, 0.15) is 16.5 Å². The summed E-state index contributed by atoms with van der Waals surface area (Å²) in [6, 6.07) is 8.32. The molecule has 0 bridgehead atoms. The van der Waals surface area contributed by atoms with E-state index in [0.29, 0.717) is 5.75 Å². The van der Waals surface area contributed by atoms with Gasteiger partial charge in [-0.25, -0.2) is 8.42 Å². The minimum Gasteiger partial charge on any atom is -0.496 e. The van der Waals surface area contributed by atoms with E-state index in [9.17, 15) is 13.5 Å². The van der Waals surface area contributed by atoms with Crippen LogP contribution in [0.2, 0.25) is 0 Å². The lowest BCUT2D eigenvalue weighted by Gasteiger charge is -2.20. The normalized spacial score (nSPS) is 13.3. The number of benzene rings is 1. The fourth-order valence-corrected chi connectivity index (χ4v) is 4.07. The highest BCUT2D eigenvalue weighted by molar-refractivity contribution is 7.89. The van der Waals surface area contributed by atoms with Crippen LogP contribution >= 0.6 is 11.3 Å². The van der Waals surface area contributed by atoms with Gasteiger partial charge in [-0.1, -0.05) is 6.07 Å². The summed E-state index contributed by atoms with van der Waals surface area (Å²) < 4.78 is 31.4. The highest BCUT2D eigenvalue weighted by Crippen LogP contribution is 2.25. The maximum Gasteiger partial charge on any atom is 0.242 e. The molecule has 120 valence electrons. The number of hydrogen-bond acceptors (Lipinski definition) is 5. The first-order valence-corrected chi connectivity index (χ1v) is 9.00. The molecular formula is C15H19NO4S2. The second-order valence-corrected chi connectivity index (χ2v) is 7.97. The van der Waals surface area contributed by atoms with E-state index < -0.39 is 16.1 Å². The summed E-state index contributed by atoms with van der Waals surface area (Å²) in [5.74, 6) is 0.639. The van der Waals surface area contributed by atoms with Gasteiger partial charge in [0, 0.05) is 18.5 Å². The van der Waals surface area contributed by atoms with Gasteiger partial charge in [0.05, 0.1) is 12.0 Å². The molecule has 1 N–H and O–H groups in total. The molecule has 2 rings (SSSR count). The number of nitrogens with zero attached hydrogens (tertiary/aromatic N) is 1. The van der Waals surface area contributed by atoms with Crippen molar-refractivity contribution in [1.82, 2.24) is 4.31 Å². The Balaban J connectivity index is 2.20. The highest BCUT2D eigenvalue weighted by Gasteiger charge is 2.24. The lowest BCUT2D eigenvalue weighted by atomic mass is 10.2. The van der Waals surface area contributed by atoms with Crippen LogP contribution in [0, 0.1) is 6.92 Å². The minimum atomic E-state index is -3.65. The maximum absolute atomic E-state index is 12.6. The van der Waals surface area contributed by atoms with Crippen LogP contribution in [0.25, 0.3) is 0 Å². The Labute approximate surface area is 134 Å². The fourth-order valence-electron chi connectivity index (χ4n) is 2.10. The van der Waals surface area contributed by atoms with Crippen LogP contribution in [-0.4, -0.2) is 38.5 Å². The van der Waals surface area contributed by atoms with Crippen LogP contribution in [-0.2, 0) is 10.0 Å². The molecule has 0 fully saturated rings. The van der Waals surface area contributed by atoms with Gasteiger partial charge in [-0.2, -0.15) is 4.31 Å². The van der Waals surface area contributed by atoms with Crippen molar-refractivity contribution in [2.45, 2.75) is 17.9 Å². The van der Waals surface area contributed by atoms with Gasteiger partial charge in [0.2, 0.25) is 10.0 Å². The van der Waals surface area contributed by atoms with Gasteiger partial charge < -0.3 is 9.84 Å². The molecule has 5 nitrogen and oxygen atoms in total. The molecule has 0 saturated heterocycles. The first-order valence-electron chi connectivity index (χ1n) is 6.68. The summed E-state index contributed by atoms with van der Waals surface area (Å²) in [5, 5.41) is 12.0. The van der Waals surface area contributed by atoms with Crippen molar-refractivity contribution in [3.63, 3.8) is 0 Å². The molecule has 0 aliphatic heterocycles. The lowest BCUT2D eigenvalue weighted by molar-refractivity contribution is 0.158. The van der Waals surface area contributed by atoms with E-state index in [2.05, 4.69) is 0 Å². The second kappa shape index (κ2) is 6.78. The number of rotatable bonds is 6. The van der Waals surface area contributed by atoms with Gasteiger partial charge in [0.25, 0.3) is 0 Å². The van der Waals surface area contributed by atoms with E-state index >= 15 is 0 Å². The van der Waals surface area contributed by atoms with E-state index in [-0.39, 0.29) is 11.4 Å². The van der Waals surface area contributed by atoms with Crippen LogP contribution in [0.4, 0.5) is 0 Å². The molecule has 1 aromatic carbocycles. The zero-order chi connectivity index (χ0) is 16.3. The number of thiophene rings is 1. The number of sulfonamides is 1. The summed E-state index contributed by atoms with van der Waals surface area (Å²) in [4.78, 5) is 0.930. The monoisotopic (exact) mass is 341 g/mol. The third-order valence-electron chi connectivity index (χ3n) is 3.38. The number of aliphatic hydroxyl groups is 1. The molecular weight excluding hydrogens is 322 g/mol. The Kier molecular flexibility index (Phi) is 5.23. The Morgan fingerprint density at radius 2 is 2.09 bits per heavy atom. The zero-order valence-corrected chi connectivity index (χ0v) is 14.3. The highest BCUT2D eigenvalue weighted by atomic mass is 32.2. The first-order chi connectivity index (χ1) is 10.4. The molecule has 1 unspecified atom stereocenters. The van der Waals surface area contributed by atoms with Crippen LogP contribution in [0.3, 0.4) is 0 Å². The van der Waals surface area contributed by atoms with Gasteiger partial charge in [-0.3, -0.25) is 0 Å². The van der Waals surface area contributed by atoms with Crippen LogP contribution in [0.15, 0.2) is 40.6 Å². The summed E-state index contributed by atoms with van der Waals surface area (Å²) in [6.45, 7) is 1.80. The summed E-state index contributed by atoms with van der Waals surface area (Å²) in [5.41, 5.74) is 0.746. The predicted octanol–water partition coefficient (Wildman–Crippen LogP) is 2.42. The SMILES string of the molecule is COc1ccc(S(=O)(=O)N(C)CC(O)c2cccs2)cc1C. The molecule has 0 saturated carbocycles. The van der Waals surface area contributed by atoms with E-state index in [1.807, 2.05) is 11.4 Å². The Morgan fingerprint density at radius 1 is 1.36 bits per heavy atom. The average molecular weight is 341 g/mol. The third kappa shape index (κ3) is 3.49. The number of aryl methyl sites for hydroxylation is 1. The number of hydrogen-bond donors (Lipinski definition) is 1. The summed E-state index contributed by atoms with van der Waals surface area (Å²) in [7, 11) is -0.644.